The molecule has 0 fully saturated rings. The molecule has 8 nitrogen and oxygen atoms in total. The Morgan fingerprint density at radius 3 is 1.43 bits per heavy atom. The fourth-order valence-electron chi connectivity index (χ4n) is 1.03. The quantitative estimate of drug-likeness (QED) is 0.303. The SMILES string of the molecule is C=C(C)C(=O)O.CCC(OCCO)(OCCO)OCCO. The van der Waals surface area contributed by atoms with Crippen LogP contribution in [0.25, 0.3) is 0 Å². The molecule has 0 spiro atoms. The van der Waals surface area contributed by atoms with Crippen molar-refractivity contribution in [1.82, 2.24) is 0 Å². The highest BCUT2D eigenvalue weighted by molar-refractivity contribution is 5.84. The van der Waals surface area contributed by atoms with Crippen molar-refractivity contribution >= 4 is 5.97 Å². The van der Waals surface area contributed by atoms with Gasteiger partial charge in [-0.05, 0) is 6.92 Å². The number of rotatable bonds is 11. The van der Waals surface area contributed by atoms with Crippen LogP contribution in [0.1, 0.15) is 20.3 Å². The number of ether oxygens (including phenoxy) is 3. The van der Waals surface area contributed by atoms with Crippen LogP contribution in [-0.2, 0) is 19.0 Å². The normalized spacial score (nSPS) is 10.7. The molecule has 0 aromatic heterocycles. The fourth-order valence-corrected chi connectivity index (χ4v) is 1.03. The van der Waals surface area contributed by atoms with E-state index in [9.17, 15) is 4.79 Å². The Kier molecular flexibility index (Phi) is 14.8. The number of aliphatic carboxylic acids is 1. The summed E-state index contributed by atoms with van der Waals surface area (Å²) in [7, 11) is 0. The molecule has 4 N–H and O–H groups in total. The molecule has 0 aromatic rings. The Morgan fingerprint density at radius 1 is 1.00 bits per heavy atom. The van der Waals surface area contributed by atoms with Crippen molar-refractivity contribution in [3.63, 3.8) is 0 Å². The molecule has 0 aliphatic heterocycles. The zero-order valence-electron chi connectivity index (χ0n) is 12.6. The summed E-state index contributed by atoms with van der Waals surface area (Å²) in [5.74, 6) is -2.22. The lowest BCUT2D eigenvalue weighted by Gasteiger charge is -2.31. The first-order chi connectivity index (χ1) is 9.89. The molecule has 0 bridgehead atoms. The minimum absolute atomic E-state index is 0.0741. The molecule has 0 saturated carbocycles. The number of carboxylic acid groups (broad SMARTS) is 1. The number of aliphatic hydroxyl groups is 3. The van der Waals surface area contributed by atoms with E-state index in [0.717, 1.165) is 0 Å². The summed E-state index contributed by atoms with van der Waals surface area (Å²) >= 11 is 0. The van der Waals surface area contributed by atoms with Gasteiger partial charge in [0.1, 0.15) is 0 Å². The van der Waals surface area contributed by atoms with E-state index < -0.39 is 11.9 Å². The molecule has 126 valence electrons. The van der Waals surface area contributed by atoms with E-state index in [1.165, 1.54) is 6.92 Å². The zero-order chi connectivity index (χ0) is 16.7. The summed E-state index contributed by atoms with van der Waals surface area (Å²) in [4.78, 5) is 9.60. The average Bonchev–Trinajstić information content (AvgIpc) is 2.47. The first-order valence-electron chi connectivity index (χ1n) is 6.52. The fraction of sp³-hybridized carbons (Fsp3) is 0.769. The standard InChI is InChI=1S/C9H20O6.C4H6O2/c1-2-9(13-6-3-10,14-7-4-11)15-8-5-12;1-3(2)4(5)6/h10-12H,2-8H2,1H3;1H2,2H3,(H,5,6). The molecular formula is C13H26O8. The predicted octanol–water partition coefficient (Wildman–Crippen LogP) is -0.276. The molecule has 0 radical (unpaired) electrons. The van der Waals surface area contributed by atoms with Crippen LogP contribution in [0, 0.1) is 0 Å². The van der Waals surface area contributed by atoms with Gasteiger partial charge in [-0.3, -0.25) is 0 Å². The molecule has 0 rings (SSSR count). The number of hydrogen-bond acceptors (Lipinski definition) is 7. The monoisotopic (exact) mass is 310 g/mol. The van der Waals surface area contributed by atoms with Gasteiger partial charge in [-0.1, -0.05) is 13.5 Å². The van der Waals surface area contributed by atoms with Crippen LogP contribution in [0.3, 0.4) is 0 Å². The second-order valence-corrected chi connectivity index (χ2v) is 3.84. The van der Waals surface area contributed by atoms with Crippen LogP contribution in [0.2, 0.25) is 0 Å². The molecule has 21 heavy (non-hydrogen) atoms. The number of carboxylic acids is 1. The van der Waals surface area contributed by atoms with E-state index in [1.807, 2.05) is 0 Å². The lowest BCUT2D eigenvalue weighted by molar-refractivity contribution is -0.385. The molecule has 8 heteroatoms. The van der Waals surface area contributed by atoms with E-state index in [4.69, 9.17) is 34.6 Å². The maximum absolute atomic E-state index is 9.60. The van der Waals surface area contributed by atoms with Gasteiger partial charge in [0.05, 0.1) is 39.6 Å². The summed E-state index contributed by atoms with van der Waals surface area (Å²) in [6.07, 6.45) is 0.396. The first-order valence-corrected chi connectivity index (χ1v) is 6.52. The molecule has 0 aromatic carbocycles. The van der Waals surface area contributed by atoms with Gasteiger partial charge in [-0.2, -0.15) is 0 Å². The van der Waals surface area contributed by atoms with Crippen molar-refractivity contribution in [1.29, 1.82) is 0 Å². The third-order valence-electron chi connectivity index (χ3n) is 2.04. The summed E-state index contributed by atoms with van der Waals surface area (Å²) in [5, 5.41) is 33.8. The minimum atomic E-state index is -1.28. The summed E-state index contributed by atoms with van der Waals surface area (Å²) in [6, 6.07) is 0. The van der Waals surface area contributed by atoms with Crippen molar-refractivity contribution in [3.05, 3.63) is 12.2 Å². The van der Waals surface area contributed by atoms with Gasteiger partial charge >= 0.3 is 5.97 Å². The van der Waals surface area contributed by atoms with Gasteiger partial charge in [0.25, 0.3) is 5.97 Å². The van der Waals surface area contributed by atoms with Crippen LogP contribution < -0.4 is 0 Å². The highest BCUT2D eigenvalue weighted by atomic mass is 16.9. The molecule has 0 aliphatic carbocycles. The number of aliphatic hydroxyl groups excluding tert-OH is 3. The molecule has 0 atom stereocenters. The van der Waals surface area contributed by atoms with E-state index in [-0.39, 0.29) is 45.2 Å². The topological polar surface area (TPSA) is 126 Å². The van der Waals surface area contributed by atoms with Crippen LogP contribution in [0.4, 0.5) is 0 Å². The smallest absolute Gasteiger partial charge is 0.330 e. The third-order valence-corrected chi connectivity index (χ3v) is 2.04. The van der Waals surface area contributed by atoms with Crippen molar-refractivity contribution in [2.45, 2.75) is 26.2 Å². The first kappa shape index (κ1) is 22.3. The zero-order valence-corrected chi connectivity index (χ0v) is 12.6. The lowest BCUT2D eigenvalue weighted by atomic mass is 10.4. The van der Waals surface area contributed by atoms with E-state index >= 15 is 0 Å². The van der Waals surface area contributed by atoms with Gasteiger partial charge in [0.15, 0.2) is 0 Å². The minimum Gasteiger partial charge on any atom is -0.478 e. The molecule has 0 saturated heterocycles. The second-order valence-electron chi connectivity index (χ2n) is 3.84. The van der Waals surface area contributed by atoms with Gasteiger partial charge in [0, 0.05) is 12.0 Å². The highest BCUT2D eigenvalue weighted by Crippen LogP contribution is 2.19. The Bertz CT molecular complexity index is 246. The molecule has 0 amide bonds. The Balaban J connectivity index is 0. The predicted molar refractivity (Wildman–Crippen MR) is 74.6 cm³/mol. The Hall–Kier alpha value is -1.03. The number of hydrogen-bond donors (Lipinski definition) is 4. The Morgan fingerprint density at radius 2 is 1.29 bits per heavy atom. The van der Waals surface area contributed by atoms with Gasteiger partial charge in [-0.15, -0.1) is 0 Å². The van der Waals surface area contributed by atoms with E-state index in [0.29, 0.717) is 6.42 Å². The maximum Gasteiger partial charge on any atom is 0.330 e. The van der Waals surface area contributed by atoms with E-state index in [2.05, 4.69) is 6.58 Å². The average molecular weight is 310 g/mol. The van der Waals surface area contributed by atoms with Gasteiger partial charge < -0.3 is 34.6 Å². The molecule has 0 aliphatic rings. The van der Waals surface area contributed by atoms with Crippen molar-refractivity contribution in [2.75, 3.05) is 39.6 Å². The van der Waals surface area contributed by atoms with E-state index in [1.54, 1.807) is 6.92 Å². The van der Waals surface area contributed by atoms with Crippen LogP contribution in [-0.4, -0.2) is 72.0 Å². The van der Waals surface area contributed by atoms with Gasteiger partial charge in [0.2, 0.25) is 0 Å². The van der Waals surface area contributed by atoms with Crippen LogP contribution >= 0.6 is 0 Å². The van der Waals surface area contributed by atoms with Crippen molar-refractivity contribution in [2.24, 2.45) is 0 Å². The Labute approximate surface area is 124 Å². The molecule has 0 heterocycles. The summed E-state index contributed by atoms with van der Waals surface area (Å²) in [6.45, 7) is 6.17. The largest absolute Gasteiger partial charge is 0.478 e. The van der Waals surface area contributed by atoms with Crippen LogP contribution in [0.15, 0.2) is 12.2 Å². The number of carbonyl (C=O) groups is 1. The summed E-state index contributed by atoms with van der Waals surface area (Å²) < 4.78 is 15.6. The maximum atomic E-state index is 9.60. The second kappa shape index (κ2) is 13.9. The van der Waals surface area contributed by atoms with Gasteiger partial charge in [-0.25, -0.2) is 4.79 Å². The van der Waals surface area contributed by atoms with Crippen molar-refractivity contribution < 1.29 is 39.4 Å². The molecule has 0 unspecified atom stereocenters. The summed E-state index contributed by atoms with van der Waals surface area (Å²) in [5.41, 5.74) is 0.176. The third kappa shape index (κ3) is 12.4. The highest BCUT2D eigenvalue weighted by Gasteiger charge is 2.31. The lowest BCUT2D eigenvalue weighted by Crippen LogP contribution is -2.41. The van der Waals surface area contributed by atoms with Crippen LogP contribution in [0.5, 0.6) is 0 Å². The van der Waals surface area contributed by atoms with Crippen molar-refractivity contribution in [3.8, 4) is 0 Å². The molecular weight excluding hydrogens is 284 g/mol.